The molecule has 0 aromatic carbocycles. The van der Waals surface area contributed by atoms with E-state index in [0.29, 0.717) is 11.3 Å². The minimum absolute atomic E-state index is 0.0385. The monoisotopic (exact) mass is 369 g/mol. The van der Waals surface area contributed by atoms with E-state index >= 15 is 0 Å². The minimum atomic E-state index is -0.466. The van der Waals surface area contributed by atoms with Crippen LogP contribution in [0.3, 0.4) is 0 Å². The normalized spacial score (nSPS) is 10.7. The molecule has 3 rings (SSSR count). The highest BCUT2D eigenvalue weighted by Crippen LogP contribution is 2.23. The fourth-order valence-corrected chi connectivity index (χ4v) is 3.38. The van der Waals surface area contributed by atoms with Crippen molar-refractivity contribution in [2.24, 2.45) is 7.05 Å². The average Bonchev–Trinajstić information content (AvgIpc) is 3.21. The number of Topliss-reactive ketones (excluding diaryl/α,β-unsaturated/α-hetero) is 1. The number of carbonyl (C=O) groups excluding carboxylic acids is 2. The van der Waals surface area contributed by atoms with Crippen molar-refractivity contribution in [3.63, 3.8) is 0 Å². The number of hydrogen-bond donors (Lipinski definition) is 0. The van der Waals surface area contributed by atoms with Crippen molar-refractivity contribution in [2.45, 2.75) is 20.3 Å². The summed E-state index contributed by atoms with van der Waals surface area (Å²) in [7, 11) is 1.90. The summed E-state index contributed by atoms with van der Waals surface area (Å²) in [6, 6.07) is 5.56. The van der Waals surface area contributed by atoms with Gasteiger partial charge >= 0.3 is 5.97 Å². The van der Waals surface area contributed by atoms with Gasteiger partial charge in [0.25, 0.3) is 0 Å². The number of aryl methyl sites for hydroxylation is 1. The van der Waals surface area contributed by atoms with Crippen LogP contribution in [0.5, 0.6) is 0 Å². The van der Waals surface area contributed by atoms with E-state index in [0.717, 1.165) is 22.0 Å². The molecule has 0 bridgehead atoms. The summed E-state index contributed by atoms with van der Waals surface area (Å²) in [5.74, 6) is -0.666. The number of carbonyl (C=O) groups is 2. The Morgan fingerprint density at radius 3 is 2.77 bits per heavy atom. The molecule has 0 saturated carbocycles. The zero-order valence-corrected chi connectivity index (χ0v) is 15.7. The molecular weight excluding hydrogens is 350 g/mol. The van der Waals surface area contributed by atoms with E-state index < -0.39 is 5.97 Å². The Labute approximate surface area is 155 Å². The van der Waals surface area contributed by atoms with Crippen LogP contribution in [-0.4, -0.2) is 32.9 Å². The lowest BCUT2D eigenvalue weighted by Gasteiger charge is -2.04. The van der Waals surface area contributed by atoms with Crippen LogP contribution in [0.15, 0.2) is 36.0 Å². The van der Waals surface area contributed by atoms with Crippen LogP contribution in [0, 0.1) is 13.8 Å². The SMILES string of the molecule is Cc1cc(C(=O)COC(=O)Cc2csc(-c3cccnc3)n2)c(C)n1C. The number of aromatic nitrogens is 3. The number of ketones is 1. The number of hydrogen-bond acceptors (Lipinski definition) is 6. The first-order valence-electron chi connectivity index (χ1n) is 8.12. The number of rotatable bonds is 6. The van der Waals surface area contributed by atoms with E-state index in [4.69, 9.17) is 4.74 Å². The van der Waals surface area contributed by atoms with Gasteiger partial charge in [-0.3, -0.25) is 14.6 Å². The van der Waals surface area contributed by atoms with Crippen molar-refractivity contribution < 1.29 is 14.3 Å². The van der Waals surface area contributed by atoms with Crippen LogP contribution in [-0.2, 0) is 23.0 Å². The van der Waals surface area contributed by atoms with Crippen LogP contribution in [0.4, 0.5) is 0 Å². The molecular formula is C19H19N3O3S. The molecule has 0 unspecified atom stereocenters. The number of nitrogens with zero attached hydrogens (tertiary/aromatic N) is 3. The van der Waals surface area contributed by atoms with Gasteiger partial charge in [0.05, 0.1) is 12.1 Å². The molecule has 134 valence electrons. The second-order valence-corrected chi connectivity index (χ2v) is 6.85. The van der Waals surface area contributed by atoms with Gasteiger partial charge < -0.3 is 9.30 Å². The van der Waals surface area contributed by atoms with Crippen molar-refractivity contribution in [3.8, 4) is 10.6 Å². The fraction of sp³-hybridized carbons (Fsp3) is 0.263. The number of thiazole rings is 1. The second-order valence-electron chi connectivity index (χ2n) is 5.99. The number of ether oxygens (including phenoxy) is 1. The lowest BCUT2D eigenvalue weighted by atomic mass is 10.1. The second kappa shape index (κ2) is 7.61. The first-order chi connectivity index (χ1) is 12.5. The number of esters is 1. The first-order valence-corrected chi connectivity index (χ1v) is 9.00. The van der Waals surface area contributed by atoms with E-state index in [9.17, 15) is 9.59 Å². The van der Waals surface area contributed by atoms with Crippen LogP contribution < -0.4 is 0 Å². The molecule has 7 heteroatoms. The Kier molecular flexibility index (Phi) is 5.27. The number of pyridine rings is 1. The smallest absolute Gasteiger partial charge is 0.312 e. The molecule has 26 heavy (non-hydrogen) atoms. The van der Waals surface area contributed by atoms with Gasteiger partial charge in [0, 0.05) is 47.3 Å². The molecule has 0 fully saturated rings. The van der Waals surface area contributed by atoms with Crippen LogP contribution in [0.2, 0.25) is 0 Å². The van der Waals surface area contributed by atoms with Gasteiger partial charge in [-0.15, -0.1) is 11.3 Å². The van der Waals surface area contributed by atoms with E-state index in [1.54, 1.807) is 12.4 Å². The fourth-order valence-electron chi connectivity index (χ4n) is 2.57. The Bertz CT molecular complexity index is 944. The third-order valence-corrected chi connectivity index (χ3v) is 5.17. The van der Waals surface area contributed by atoms with Crippen molar-refractivity contribution in [3.05, 3.63) is 58.6 Å². The van der Waals surface area contributed by atoms with Crippen LogP contribution >= 0.6 is 11.3 Å². The van der Waals surface area contributed by atoms with E-state index in [1.807, 2.05) is 49.0 Å². The molecule has 3 aromatic heterocycles. The molecule has 0 atom stereocenters. The highest BCUT2D eigenvalue weighted by Gasteiger charge is 2.17. The summed E-state index contributed by atoms with van der Waals surface area (Å²) in [5.41, 5.74) is 3.97. The van der Waals surface area contributed by atoms with Gasteiger partial charge in [0.1, 0.15) is 5.01 Å². The van der Waals surface area contributed by atoms with Gasteiger partial charge in [-0.1, -0.05) is 0 Å². The van der Waals surface area contributed by atoms with Crippen molar-refractivity contribution in [1.29, 1.82) is 0 Å². The summed E-state index contributed by atoms with van der Waals surface area (Å²) in [4.78, 5) is 32.8. The Balaban J connectivity index is 1.57. The zero-order valence-electron chi connectivity index (χ0n) is 14.9. The Hall–Kier alpha value is -2.80. The molecule has 0 saturated heterocycles. The first kappa shape index (κ1) is 18.0. The summed E-state index contributed by atoms with van der Waals surface area (Å²) in [6.45, 7) is 3.54. The van der Waals surface area contributed by atoms with Crippen molar-refractivity contribution >= 4 is 23.1 Å². The van der Waals surface area contributed by atoms with Gasteiger partial charge in [0.15, 0.2) is 6.61 Å². The van der Waals surface area contributed by atoms with Gasteiger partial charge in [-0.05, 0) is 32.0 Å². The Morgan fingerprint density at radius 2 is 2.12 bits per heavy atom. The van der Waals surface area contributed by atoms with Crippen molar-refractivity contribution in [1.82, 2.24) is 14.5 Å². The molecule has 0 amide bonds. The van der Waals surface area contributed by atoms with Crippen molar-refractivity contribution in [2.75, 3.05) is 6.61 Å². The lowest BCUT2D eigenvalue weighted by molar-refractivity contribution is -0.141. The summed E-state index contributed by atoms with van der Waals surface area (Å²) in [6.07, 6.45) is 3.46. The minimum Gasteiger partial charge on any atom is -0.457 e. The predicted molar refractivity (Wildman–Crippen MR) is 99.2 cm³/mol. The summed E-state index contributed by atoms with van der Waals surface area (Å²) in [5, 5.41) is 2.61. The zero-order chi connectivity index (χ0) is 18.7. The molecule has 0 aliphatic heterocycles. The molecule has 0 N–H and O–H groups in total. The Morgan fingerprint density at radius 1 is 1.31 bits per heavy atom. The maximum Gasteiger partial charge on any atom is 0.312 e. The summed E-state index contributed by atoms with van der Waals surface area (Å²) < 4.78 is 7.07. The molecule has 3 heterocycles. The van der Waals surface area contributed by atoms with E-state index in [2.05, 4.69) is 9.97 Å². The maximum absolute atomic E-state index is 12.3. The topological polar surface area (TPSA) is 74.1 Å². The standard InChI is InChI=1S/C19H19N3O3S/c1-12-7-16(13(2)22(12)3)17(23)10-25-18(24)8-15-11-26-19(21-15)14-5-4-6-20-9-14/h4-7,9,11H,8,10H2,1-3H3. The van der Waals surface area contributed by atoms with Crippen LogP contribution in [0.1, 0.15) is 27.4 Å². The highest BCUT2D eigenvalue weighted by molar-refractivity contribution is 7.13. The average molecular weight is 369 g/mol. The summed E-state index contributed by atoms with van der Waals surface area (Å²) >= 11 is 1.44. The largest absolute Gasteiger partial charge is 0.457 e. The predicted octanol–water partition coefficient (Wildman–Crippen LogP) is 3.13. The molecule has 6 nitrogen and oxygen atoms in total. The lowest BCUT2D eigenvalue weighted by Crippen LogP contribution is -2.16. The molecule has 0 spiro atoms. The molecule has 0 aliphatic rings. The van der Waals surface area contributed by atoms with Gasteiger partial charge in [0.2, 0.25) is 5.78 Å². The van der Waals surface area contributed by atoms with E-state index in [1.165, 1.54) is 11.3 Å². The third-order valence-electron chi connectivity index (χ3n) is 4.23. The molecule has 0 aliphatic carbocycles. The third kappa shape index (κ3) is 3.88. The van der Waals surface area contributed by atoms with Crippen LogP contribution in [0.25, 0.3) is 10.6 Å². The van der Waals surface area contributed by atoms with E-state index in [-0.39, 0.29) is 18.8 Å². The molecule has 3 aromatic rings. The van der Waals surface area contributed by atoms with Gasteiger partial charge in [-0.2, -0.15) is 0 Å². The quantitative estimate of drug-likeness (QED) is 0.493. The maximum atomic E-state index is 12.3. The van der Waals surface area contributed by atoms with Gasteiger partial charge in [-0.25, -0.2) is 4.98 Å². The highest BCUT2D eigenvalue weighted by atomic mass is 32.1. The molecule has 0 radical (unpaired) electrons.